The fourth-order valence-corrected chi connectivity index (χ4v) is 4.03. The Bertz CT molecular complexity index is 1300. The molecule has 5 rings (SSSR count). The van der Waals surface area contributed by atoms with Gasteiger partial charge in [0.05, 0.1) is 17.0 Å². The van der Waals surface area contributed by atoms with Crippen LogP contribution in [-0.4, -0.2) is 15.8 Å². The first kappa shape index (κ1) is 17.6. The van der Waals surface area contributed by atoms with Crippen LogP contribution < -0.4 is 5.43 Å². The van der Waals surface area contributed by atoms with E-state index < -0.39 is 6.04 Å². The molecule has 0 aliphatic carbocycles. The number of pyridine rings is 1. The van der Waals surface area contributed by atoms with Crippen LogP contribution in [0.3, 0.4) is 0 Å². The largest absolute Gasteiger partial charge is 0.450 e. The van der Waals surface area contributed by atoms with E-state index in [2.05, 4.69) is 4.98 Å². The lowest BCUT2D eigenvalue weighted by Crippen LogP contribution is -2.29. The summed E-state index contributed by atoms with van der Waals surface area (Å²) in [7, 11) is 0. The van der Waals surface area contributed by atoms with Gasteiger partial charge in [0.2, 0.25) is 5.76 Å². The number of amides is 1. The van der Waals surface area contributed by atoms with Gasteiger partial charge in [0.1, 0.15) is 5.58 Å². The first-order valence-corrected chi connectivity index (χ1v) is 9.53. The molecular weight excluding hydrogens is 388 g/mol. The second kappa shape index (κ2) is 6.87. The SMILES string of the molecule is O=C1c2oc3ccccc3c(=O)c2[C@@H](c2ccncc2)N1Cc1ccccc1Cl. The van der Waals surface area contributed by atoms with Crippen molar-refractivity contribution in [2.45, 2.75) is 12.6 Å². The number of rotatable bonds is 3. The van der Waals surface area contributed by atoms with Gasteiger partial charge in [-0.05, 0) is 41.5 Å². The predicted octanol–water partition coefficient (Wildman–Crippen LogP) is 4.59. The quantitative estimate of drug-likeness (QED) is 0.503. The molecule has 6 heteroatoms. The van der Waals surface area contributed by atoms with E-state index in [1.807, 2.05) is 18.2 Å². The predicted molar refractivity (Wildman–Crippen MR) is 110 cm³/mol. The minimum absolute atomic E-state index is 0.0857. The van der Waals surface area contributed by atoms with Crippen molar-refractivity contribution in [1.82, 2.24) is 9.88 Å². The highest BCUT2D eigenvalue weighted by Gasteiger charge is 2.42. The number of carbonyl (C=O) groups excluding carboxylic acids is 1. The number of aromatic nitrogens is 1. The van der Waals surface area contributed by atoms with Gasteiger partial charge in [-0.2, -0.15) is 0 Å². The van der Waals surface area contributed by atoms with E-state index in [9.17, 15) is 9.59 Å². The highest BCUT2D eigenvalue weighted by molar-refractivity contribution is 6.31. The zero-order valence-electron chi connectivity index (χ0n) is 15.2. The summed E-state index contributed by atoms with van der Waals surface area (Å²) in [5.41, 5.74) is 2.15. The number of fused-ring (bicyclic) bond motifs is 2. The Balaban J connectivity index is 1.74. The lowest BCUT2D eigenvalue weighted by atomic mass is 9.99. The third kappa shape index (κ3) is 2.82. The Kier molecular flexibility index (Phi) is 4.18. The Labute approximate surface area is 171 Å². The van der Waals surface area contributed by atoms with Crippen molar-refractivity contribution in [3.63, 3.8) is 0 Å². The molecule has 0 fully saturated rings. The molecule has 1 atom stereocenters. The molecule has 1 amide bonds. The summed E-state index contributed by atoms with van der Waals surface area (Å²) in [6.07, 6.45) is 3.29. The lowest BCUT2D eigenvalue weighted by Gasteiger charge is -2.25. The maximum Gasteiger partial charge on any atom is 0.291 e. The lowest BCUT2D eigenvalue weighted by molar-refractivity contribution is 0.0714. The number of benzene rings is 2. The smallest absolute Gasteiger partial charge is 0.291 e. The number of nitrogens with zero attached hydrogens (tertiary/aromatic N) is 2. The van der Waals surface area contributed by atoms with E-state index in [1.165, 1.54) is 0 Å². The summed E-state index contributed by atoms with van der Waals surface area (Å²) in [5, 5.41) is 1.02. The zero-order valence-corrected chi connectivity index (χ0v) is 16.0. The number of hydrogen-bond donors (Lipinski definition) is 0. The monoisotopic (exact) mass is 402 g/mol. The van der Waals surface area contributed by atoms with Gasteiger partial charge in [0.15, 0.2) is 5.43 Å². The first-order chi connectivity index (χ1) is 14.1. The summed E-state index contributed by atoms with van der Waals surface area (Å²) in [4.78, 5) is 32.4. The highest BCUT2D eigenvalue weighted by Crippen LogP contribution is 2.39. The summed E-state index contributed by atoms with van der Waals surface area (Å²) in [5.74, 6) is -0.243. The molecule has 5 nitrogen and oxygen atoms in total. The maximum atomic E-state index is 13.3. The van der Waals surface area contributed by atoms with E-state index in [0.717, 1.165) is 11.1 Å². The van der Waals surface area contributed by atoms with E-state index in [1.54, 1.807) is 59.8 Å². The van der Waals surface area contributed by atoms with Gasteiger partial charge in [0.25, 0.3) is 5.91 Å². The standard InChI is InChI=1S/C23H15ClN2O3/c24-17-7-3-1-5-15(17)13-26-20(14-9-11-25-12-10-14)19-21(27)16-6-2-4-8-18(16)29-22(19)23(26)28/h1-12,20H,13H2/t20-/m1/s1. The third-order valence-electron chi connectivity index (χ3n) is 5.19. The normalized spacial score (nSPS) is 15.7. The summed E-state index contributed by atoms with van der Waals surface area (Å²) in [6, 6.07) is 17.4. The summed E-state index contributed by atoms with van der Waals surface area (Å²) < 4.78 is 5.91. The van der Waals surface area contributed by atoms with Gasteiger partial charge >= 0.3 is 0 Å². The number of carbonyl (C=O) groups is 1. The highest BCUT2D eigenvalue weighted by atomic mass is 35.5. The number of hydrogen-bond acceptors (Lipinski definition) is 4. The molecule has 0 saturated heterocycles. The average Bonchev–Trinajstić information content (AvgIpc) is 3.03. The first-order valence-electron chi connectivity index (χ1n) is 9.15. The summed E-state index contributed by atoms with van der Waals surface area (Å²) in [6.45, 7) is 0.255. The van der Waals surface area contributed by atoms with E-state index in [0.29, 0.717) is 21.6 Å². The van der Waals surface area contributed by atoms with Crippen LogP contribution in [0.5, 0.6) is 0 Å². The van der Waals surface area contributed by atoms with E-state index in [4.69, 9.17) is 16.0 Å². The van der Waals surface area contributed by atoms with Crippen LogP contribution >= 0.6 is 11.6 Å². The molecule has 0 N–H and O–H groups in total. The van der Waals surface area contributed by atoms with Crippen molar-refractivity contribution in [2.24, 2.45) is 0 Å². The van der Waals surface area contributed by atoms with Crippen LogP contribution in [0.15, 0.2) is 82.3 Å². The van der Waals surface area contributed by atoms with Gasteiger partial charge in [0, 0.05) is 24.0 Å². The van der Waals surface area contributed by atoms with Gasteiger partial charge in [-0.15, -0.1) is 0 Å². The molecule has 2 aromatic heterocycles. The molecule has 0 unspecified atom stereocenters. The minimum atomic E-state index is -0.572. The number of halogens is 1. The van der Waals surface area contributed by atoms with Gasteiger partial charge in [-0.25, -0.2) is 0 Å². The van der Waals surface area contributed by atoms with Crippen LogP contribution in [0.25, 0.3) is 11.0 Å². The van der Waals surface area contributed by atoms with Crippen LogP contribution in [0.4, 0.5) is 0 Å². The molecular formula is C23H15ClN2O3. The molecule has 0 saturated carbocycles. The molecule has 3 heterocycles. The molecule has 0 spiro atoms. The topological polar surface area (TPSA) is 63.4 Å². The molecule has 142 valence electrons. The molecule has 4 aromatic rings. The van der Waals surface area contributed by atoms with E-state index in [-0.39, 0.29) is 23.6 Å². The van der Waals surface area contributed by atoms with Crippen molar-refractivity contribution < 1.29 is 9.21 Å². The Morgan fingerprint density at radius 2 is 1.69 bits per heavy atom. The van der Waals surface area contributed by atoms with Crippen LogP contribution in [0, 0.1) is 0 Å². The van der Waals surface area contributed by atoms with Crippen molar-refractivity contribution in [1.29, 1.82) is 0 Å². The fraction of sp³-hybridized carbons (Fsp3) is 0.0870. The molecule has 0 bridgehead atoms. The second-order valence-corrected chi connectivity index (χ2v) is 7.28. The Morgan fingerprint density at radius 1 is 0.966 bits per heavy atom. The van der Waals surface area contributed by atoms with Crippen LogP contribution in [0.2, 0.25) is 5.02 Å². The Hall–Kier alpha value is -3.44. The molecule has 29 heavy (non-hydrogen) atoms. The average molecular weight is 403 g/mol. The van der Waals surface area contributed by atoms with Gasteiger partial charge in [-0.3, -0.25) is 14.6 Å². The third-order valence-corrected chi connectivity index (χ3v) is 5.56. The fourth-order valence-electron chi connectivity index (χ4n) is 3.83. The van der Waals surface area contributed by atoms with Gasteiger partial charge < -0.3 is 9.32 Å². The second-order valence-electron chi connectivity index (χ2n) is 6.88. The van der Waals surface area contributed by atoms with E-state index >= 15 is 0 Å². The van der Waals surface area contributed by atoms with Crippen molar-refractivity contribution in [3.8, 4) is 0 Å². The van der Waals surface area contributed by atoms with Crippen molar-refractivity contribution in [2.75, 3.05) is 0 Å². The van der Waals surface area contributed by atoms with Crippen LogP contribution in [0.1, 0.15) is 33.3 Å². The van der Waals surface area contributed by atoms with Gasteiger partial charge in [-0.1, -0.05) is 41.9 Å². The number of para-hydroxylation sites is 1. The maximum absolute atomic E-state index is 13.3. The van der Waals surface area contributed by atoms with Crippen molar-refractivity contribution in [3.05, 3.63) is 111 Å². The summed E-state index contributed by atoms with van der Waals surface area (Å²) >= 11 is 6.34. The van der Waals surface area contributed by atoms with Crippen LogP contribution in [-0.2, 0) is 6.54 Å². The van der Waals surface area contributed by atoms with Crippen molar-refractivity contribution >= 4 is 28.5 Å². The molecule has 0 radical (unpaired) electrons. The minimum Gasteiger partial charge on any atom is -0.450 e. The molecule has 1 aliphatic rings. The zero-order chi connectivity index (χ0) is 20.0. The Morgan fingerprint density at radius 3 is 2.48 bits per heavy atom. The molecule has 2 aromatic carbocycles. The molecule has 1 aliphatic heterocycles.